The summed E-state index contributed by atoms with van der Waals surface area (Å²) in [7, 11) is 0. The molecule has 0 unspecified atom stereocenters. The molecule has 1 amide bonds. The topological polar surface area (TPSA) is 69.5 Å². The summed E-state index contributed by atoms with van der Waals surface area (Å²) in [6.45, 7) is 5.02. The molecule has 130 valence electrons. The predicted molar refractivity (Wildman–Crippen MR) is 95.1 cm³/mol. The number of benzene rings is 1. The number of amides is 1. The van der Waals surface area contributed by atoms with Gasteiger partial charge in [0, 0.05) is 44.3 Å². The molecule has 0 aliphatic carbocycles. The Hall–Kier alpha value is -2.49. The van der Waals surface area contributed by atoms with Crippen molar-refractivity contribution in [2.75, 3.05) is 45.9 Å². The van der Waals surface area contributed by atoms with Crippen LogP contribution in [0.2, 0.25) is 0 Å². The van der Waals surface area contributed by atoms with E-state index < -0.39 is 0 Å². The van der Waals surface area contributed by atoms with E-state index in [9.17, 15) is 4.79 Å². The van der Waals surface area contributed by atoms with E-state index in [4.69, 9.17) is 10.00 Å². The summed E-state index contributed by atoms with van der Waals surface area (Å²) >= 11 is 0. The fourth-order valence-corrected chi connectivity index (χ4v) is 3.03. The van der Waals surface area contributed by atoms with E-state index in [-0.39, 0.29) is 5.91 Å². The van der Waals surface area contributed by atoms with Crippen molar-refractivity contribution < 1.29 is 9.53 Å². The molecule has 1 fully saturated rings. The van der Waals surface area contributed by atoms with Gasteiger partial charge in [0.15, 0.2) is 0 Å². The lowest BCUT2D eigenvalue weighted by atomic mass is 10.1. The second-order valence-electron chi connectivity index (χ2n) is 6.04. The molecule has 0 N–H and O–H groups in total. The van der Waals surface area contributed by atoms with Gasteiger partial charge in [-0.1, -0.05) is 24.3 Å². The number of nitriles is 1. The lowest BCUT2D eigenvalue weighted by Crippen LogP contribution is -2.43. The molecule has 0 bridgehead atoms. The summed E-state index contributed by atoms with van der Waals surface area (Å²) in [5.74, 6) is -0.111. The van der Waals surface area contributed by atoms with E-state index in [0.717, 1.165) is 43.6 Å². The first-order chi connectivity index (χ1) is 12.3. The average molecular weight is 338 g/mol. The highest BCUT2D eigenvalue weighted by Gasteiger charge is 2.20. The van der Waals surface area contributed by atoms with Crippen LogP contribution >= 0.6 is 0 Å². The largest absolute Gasteiger partial charge is 0.379 e. The van der Waals surface area contributed by atoms with E-state index in [0.29, 0.717) is 25.2 Å². The van der Waals surface area contributed by atoms with Gasteiger partial charge in [0.25, 0.3) is 5.91 Å². The van der Waals surface area contributed by atoms with Crippen LogP contribution in [0.25, 0.3) is 10.8 Å². The van der Waals surface area contributed by atoms with Crippen LogP contribution < -0.4 is 0 Å². The molecular formula is C19H22N4O2. The fraction of sp³-hybridized carbons (Fsp3) is 0.421. The number of ether oxygens (including phenoxy) is 1. The van der Waals surface area contributed by atoms with Gasteiger partial charge in [0.05, 0.1) is 25.7 Å². The monoisotopic (exact) mass is 338 g/mol. The SMILES string of the molecule is N#CCCN(CCN1CCOCC1)C(=O)c1nccc2ccccc12. The van der Waals surface area contributed by atoms with Crippen molar-refractivity contribution in [2.45, 2.75) is 6.42 Å². The number of rotatable bonds is 6. The molecule has 1 aromatic heterocycles. The Morgan fingerprint density at radius 2 is 2.04 bits per heavy atom. The third kappa shape index (κ3) is 4.32. The van der Waals surface area contributed by atoms with Gasteiger partial charge in [-0.2, -0.15) is 5.26 Å². The first-order valence-corrected chi connectivity index (χ1v) is 8.59. The van der Waals surface area contributed by atoms with E-state index in [1.54, 1.807) is 11.1 Å². The second-order valence-corrected chi connectivity index (χ2v) is 6.04. The number of pyridine rings is 1. The van der Waals surface area contributed by atoms with Crippen LogP contribution in [0.1, 0.15) is 16.9 Å². The molecule has 6 nitrogen and oxygen atoms in total. The zero-order valence-corrected chi connectivity index (χ0v) is 14.2. The molecular weight excluding hydrogens is 316 g/mol. The molecule has 0 radical (unpaired) electrons. The van der Waals surface area contributed by atoms with Crippen molar-refractivity contribution in [2.24, 2.45) is 0 Å². The van der Waals surface area contributed by atoms with Crippen molar-refractivity contribution in [3.05, 3.63) is 42.2 Å². The maximum Gasteiger partial charge on any atom is 0.273 e. The minimum atomic E-state index is -0.111. The Balaban J connectivity index is 1.76. The van der Waals surface area contributed by atoms with E-state index in [2.05, 4.69) is 16.0 Å². The number of carbonyl (C=O) groups excluding carboxylic acids is 1. The van der Waals surface area contributed by atoms with Gasteiger partial charge in [-0.15, -0.1) is 0 Å². The van der Waals surface area contributed by atoms with Crippen LogP contribution in [0.4, 0.5) is 0 Å². The maximum atomic E-state index is 13.0. The minimum Gasteiger partial charge on any atom is -0.379 e. The maximum absolute atomic E-state index is 13.0. The number of nitrogens with zero attached hydrogens (tertiary/aromatic N) is 4. The molecule has 1 aliphatic rings. The Kier molecular flexibility index (Phi) is 5.94. The standard InChI is InChI=1S/C19H22N4O2/c20-7-3-9-23(11-10-22-12-14-25-15-13-22)19(24)18-17-5-2-1-4-16(17)6-8-21-18/h1-2,4-6,8H,3,9-15H2. The quantitative estimate of drug-likeness (QED) is 0.805. The third-order valence-electron chi connectivity index (χ3n) is 4.45. The van der Waals surface area contributed by atoms with E-state index in [1.165, 1.54) is 0 Å². The summed E-state index contributed by atoms with van der Waals surface area (Å²) in [4.78, 5) is 21.4. The van der Waals surface area contributed by atoms with Crippen LogP contribution in [0.15, 0.2) is 36.5 Å². The fourth-order valence-electron chi connectivity index (χ4n) is 3.03. The predicted octanol–water partition coefficient (Wildman–Crippen LogP) is 1.92. The minimum absolute atomic E-state index is 0.111. The summed E-state index contributed by atoms with van der Waals surface area (Å²) < 4.78 is 5.36. The highest BCUT2D eigenvalue weighted by Crippen LogP contribution is 2.18. The third-order valence-corrected chi connectivity index (χ3v) is 4.45. The summed E-state index contributed by atoms with van der Waals surface area (Å²) in [5.41, 5.74) is 0.456. The van der Waals surface area contributed by atoms with Crippen molar-refractivity contribution in [3.63, 3.8) is 0 Å². The van der Waals surface area contributed by atoms with Crippen molar-refractivity contribution in [3.8, 4) is 6.07 Å². The van der Waals surface area contributed by atoms with Gasteiger partial charge in [0.2, 0.25) is 0 Å². The molecule has 2 aromatic rings. The van der Waals surface area contributed by atoms with Crippen molar-refractivity contribution in [1.82, 2.24) is 14.8 Å². The van der Waals surface area contributed by atoms with Crippen LogP contribution in [-0.2, 0) is 4.74 Å². The molecule has 0 saturated carbocycles. The van der Waals surface area contributed by atoms with Crippen LogP contribution in [-0.4, -0.2) is 66.6 Å². The zero-order chi connectivity index (χ0) is 17.5. The molecule has 1 aromatic carbocycles. The molecule has 0 spiro atoms. The highest BCUT2D eigenvalue weighted by molar-refractivity contribution is 6.05. The first kappa shape index (κ1) is 17.3. The van der Waals surface area contributed by atoms with Crippen LogP contribution in [0.5, 0.6) is 0 Å². The normalized spacial score (nSPS) is 15.0. The molecule has 1 aliphatic heterocycles. The summed E-state index contributed by atoms with van der Waals surface area (Å²) in [5, 5.41) is 10.8. The molecule has 3 rings (SSSR count). The van der Waals surface area contributed by atoms with Crippen molar-refractivity contribution in [1.29, 1.82) is 5.26 Å². The zero-order valence-electron chi connectivity index (χ0n) is 14.2. The van der Waals surface area contributed by atoms with Gasteiger partial charge in [0.1, 0.15) is 5.69 Å². The average Bonchev–Trinajstić information content (AvgIpc) is 2.68. The highest BCUT2D eigenvalue weighted by atomic mass is 16.5. The number of fused-ring (bicyclic) bond motifs is 1. The Morgan fingerprint density at radius 1 is 1.24 bits per heavy atom. The summed E-state index contributed by atoms with van der Waals surface area (Å²) in [6.07, 6.45) is 1.99. The number of morpholine rings is 1. The lowest BCUT2D eigenvalue weighted by molar-refractivity contribution is 0.0326. The Morgan fingerprint density at radius 3 is 2.84 bits per heavy atom. The molecule has 6 heteroatoms. The van der Waals surface area contributed by atoms with Gasteiger partial charge in [-0.05, 0) is 11.5 Å². The molecule has 0 atom stereocenters. The van der Waals surface area contributed by atoms with Gasteiger partial charge in [-0.25, -0.2) is 0 Å². The smallest absolute Gasteiger partial charge is 0.273 e. The lowest BCUT2D eigenvalue weighted by Gasteiger charge is -2.29. The summed E-state index contributed by atoms with van der Waals surface area (Å²) in [6, 6.07) is 11.8. The number of hydrogen-bond donors (Lipinski definition) is 0. The van der Waals surface area contributed by atoms with Gasteiger partial charge >= 0.3 is 0 Å². The molecule has 2 heterocycles. The van der Waals surface area contributed by atoms with E-state index in [1.807, 2.05) is 30.3 Å². The molecule has 1 saturated heterocycles. The Labute approximate surface area is 147 Å². The molecule has 25 heavy (non-hydrogen) atoms. The van der Waals surface area contributed by atoms with Gasteiger partial charge < -0.3 is 9.64 Å². The van der Waals surface area contributed by atoms with Crippen molar-refractivity contribution >= 4 is 16.7 Å². The van der Waals surface area contributed by atoms with E-state index >= 15 is 0 Å². The van der Waals surface area contributed by atoms with Gasteiger partial charge in [-0.3, -0.25) is 14.7 Å². The second kappa shape index (κ2) is 8.56. The number of hydrogen-bond acceptors (Lipinski definition) is 5. The van der Waals surface area contributed by atoms with Crippen LogP contribution in [0, 0.1) is 11.3 Å². The number of carbonyl (C=O) groups is 1. The Bertz CT molecular complexity index is 760. The first-order valence-electron chi connectivity index (χ1n) is 8.59. The number of aromatic nitrogens is 1. The van der Waals surface area contributed by atoms with Crippen LogP contribution in [0.3, 0.4) is 0 Å².